The van der Waals surface area contributed by atoms with E-state index < -0.39 is 11.9 Å². The average Bonchev–Trinajstić information content (AvgIpc) is 2.43. The Morgan fingerprint density at radius 2 is 1.95 bits per heavy atom. The zero-order chi connectivity index (χ0) is 14.4. The van der Waals surface area contributed by atoms with Gasteiger partial charge in [0.2, 0.25) is 0 Å². The van der Waals surface area contributed by atoms with Gasteiger partial charge in [0.15, 0.2) is 0 Å². The summed E-state index contributed by atoms with van der Waals surface area (Å²) in [5.74, 6) is -0.548. The Bertz CT molecular complexity index is 612. The zero-order valence-corrected chi connectivity index (χ0v) is 11.0. The van der Waals surface area contributed by atoms with Crippen LogP contribution in [0.5, 0.6) is 0 Å². The molecule has 0 bridgehead atoms. The van der Waals surface area contributed by atoms with Gasteiger partial charge in [-0.05, 0) is 24.3 Å². The lowest BCUT2D eigenvalue weighted by Crippen LogP contribution is -2.10. The molecule has 4 nitrogen and oxygen atoms in total. The predicted octanol–water partition coefficient (Wildman–Crippen LogP) is 4.06. The molecule has 0 spiro atoms. The molecule has 0 heterocycles. The van der Waals surface area contributed by atoms with Gasteiger partial charge >= 0.3 is 6.09 Å². The highest BCUT2D eigenvalue weighted by molar-refractivity contribution is 6.33. The summed E-state index contributed by atoms with van der Waals surface area (Å²) in [6.07, 6.45) is 0.266. The number of carbonyl (C=O) groups is 1. The van der Waals surface area contributed by atoms with Crippen LogP contribution in [0.15, 0.2) is 53.7 Å². The molecule has 0 fully saturated rings. The molecule has 0 atom stereocenters. The molecule has 20 heavy (non-hydrogen) atoms. The fraction of sp³-hybridized carbons (Fsp3) is 0. The van der Waals surface area contributed by atoms with Gasteiger partial charge in [-0.15, -0.1) is 0 Å². The minimum Gasteiger partial charge on any atom is -0.298 e. The average molecular weight is 293 g/mol. The fourth-order valence-corrected chi connectivity index (χ4v) is 1.63. The number of rotatable bonds is 3. The number of benzene rings is 2. The number of anilines is 1. The number of nitrogens with zero attached hydrogens (tertiary/aromatic N) is 1. The van der Waals surface area contributed by atoms with Crippen LogP contribution in [0, 0.1) is 5.82 Å². The van der Waals surface area contributed by atoms with Gasteiger partial charge in [-0.1, -0.05) is 41.0 Å². The van der Waals surface area contributed by atoms with Crippen molar-refractivity contribution in [2.24, 2.45) is 5.16 Å². The van der Waals surface area contributed by atoms with Crippen molar-refractivity contribution < 1.29 is 14.0 Å². The third kappa shape index (κ3) is 3.80. The smallest absolute Gasteiger partial charge is 0.298 e. The van der Waals surface area contributed by atoms with Crippen LogP contribution in [0.25, 0.3) is 0 Å². The van der Waals surface area contributed by atoms with Gasteiger partial charge in [-0.3, -0.25) is 10.2 Å². The highest BCUT2D eigenvalue weighted by Crippen LogP contribution is 2.16. The van der Waals surface area contributed by atoms with E-state index in [0.29, 0.717) is 5.69 Å². The van der Waals surface area contributed by atoms with Gasteiger partial charge < -0.3 is 0 Å². The van der Waals surface area contributed by atoms with Crippen LogP contribution in [0.4, 0.5) is 14.9 Å². The van der Waals surface area contributed by atoms with Crippen LogP contribution >= 0.6 is 11.6 Å². The summed E-state index contributed by atoms with van der Waals surface area (Å²) in [5, 5.41) is 6.03. The van der Waals surface area contributed by atoms with Gasteiger partial charge in [0, 0.05) is 5.69 Å². The predicted molar refractivity (Wildman–Crippen MR) is 75.5 cm³/mol. The quantitative estimate of drug-likeness (QED) is 0.527. The SMILES string of the molecule is O=C(Nc1ccccc1)O/N=C\c1c(F)cccc1Cl. The maximum Gasteiger partial charge on any atom is 0.437 e. The summed E-state index contributed by atoms with van der Waals surface area (Å²) in [6.45, 7) is 0. The molecule has 1 N–H and O–H groups in total. The minimum absolute atomic E-state index is 0.0571. The van der Waals surface area contributed by atoms with Crippen molar-refractivity contribution in [3.63, 3.8) is 0 Å². The summed E-state index contributed by atoms with van der Waals surface area (Å²) in [5.41, 5.74) is 0.623. The second-order valence-corrected chi connectivity index (χ2v) is 4.15. The molecule has 2 aromatic carbocycles. The van der Waals surface area contributed by atoms with Crippen LogP contribution in [0.3, 0.4) is 0 Å². The van der Waals surface area contributed by atoms with Crippen LogP contribution in [0.1, 0.15) is 5.56 Å². The molecule has 6 heteroatoms. The van der Waals surface area contributed by atoms with E-state index in [0.717, 1.165) is 6.21 Å². The Morgan fingerprint density at radius 3 is 2.65 bits per heavy atom. The van der Waals surface area contributed by atoms with Gasteiger partial charge in [0.1, 0.15) is 5.82 Å². The van der Waals surface area contributed by atoms with E-state index in [2.05, 4.69) is 15.3 Å². The van der Waals surface area contributed by atoms with Crippen molar-refractivity contribution in [3.05, 3.63) is 64.9 Å². The first-order chi connectivity index (χ1) is 9.66. The zero-order valence-electron chi connectivity index (χ0n) is 10.2. The van der Waals surface area contributed by atoms with E-state index in [4.69, 9.17) is 11.6 Å². The molecular weight excluding hydrogens is 283 g/mol. The highest BCUT2D eigenvalue weighted by Gasteiger charge is 2.05. The third-order valence-corrected chi connectivity index (χ3v) is 2.67. The Morgan fingerprint density at radius 1 is 1.20 bits per heavy atom. The van der Waals surface area contributed by atoms with Crippen LogP contribution < -0.4 is 5.32 Å². The molecule has 0 aliphatic heterocycles. The van der Waals surface area contributed by atoms with E-state index >= 15 is 0 Å². The first-order valence-electron chi connectivity index (χ1n) is 5.67. The molecule has 1 amide bonds. The van der Waals surface area contributed by atoms with Gasteiger partial charge in [-0.25, -0.2) is 9.18 Å². The molecule has 2 aromatic rings. The largest absolute Gasteiger partial charge is 0.437 e. The second kappa shape index (κ2) is 6.68. The van der Waals surface area contributed by atoms with E-state index in [-0.39, 0.29) is 10.6 Å². The summed E-state index contributed by atoms with van der Waals surface area (Å²) in [7, 11) is 0. The summed E-state index contributed by atoms with van der Waals surface area (Å²) in [6, 6.07) is 12.9. The standard InChI is InChI=1S/C14H10ClFN2O2/c15-12-7-4-8-13(16)11(12)9-17-20-14(19)18-10-5-2-1-3-6-10/h1-9H,(H,18,19)/b17-9-. The lowest BCUT2D eigenvalue weighted by molar-refractivity contribution is 0.167. The summed E-state index contributed by atoms with van der Waals surface area (Å²) in [4.78, 5) is 16.0. The van der Waals surface area contributed by atoms with Gasteiger partial charge in [0.25, 0.3) is 0 Å². The van der Waals surface area contributed by atoms with E-state index in [1.807, 2.05) is 6.07 Å². The Balaban J connectivity index is 1.95. The topological polar surface area (TPSA) is 50.7 Å². The van der Waals surface area contributed by atoms with Crippen molar-refractivity contribution in [1.82, 2.24) is 0 Å². The molecule has 0 unspecified atom stereocenters. The Labute approximate surface area is 119 Å². The summed E-state index contributed by atoms with van der Waals surface area (Å²) < 4.78 is 13.4. The summed E-state index contributed by atoms with van der Waals surface area (Å²) >= 11 is 5.79. The van der Waals surface area contributed by atoms with Crippen molar-refractivity contribution in [3.8, 4) is 0 Å². The van der Waals surface area contributed by atoms with Crippen LogP contribution in [-0.2, 0) is 4.84 Å². The Kier molecular flexibility index (Phi) is 4.68. The number of para-hydroxylation sites is 1. The van der Waals surface area contributed by atoms with E-state index in [9.17, 15) is 9.18 Å². The monoisotopic (exact) mass is 292 g/mol. The Hall–Kier alpha value is -2.40. The number of oxime groups is 1. The van der Waals surface area contributed by atoms with E-state index in [1.54, 1.807) is 24.3 Å². The first-order valence-corrected chi connectivity index (χ1v) is 6.05. The number of carbonyl (C=O) groups excluding carboxylic acids is 1. The number of hydrogen-bond acceptors (Lipinski definition) is 3. The second-order valence-electron chi connectivity index (χ2n) is 3.74. The molecule has 0 aliphatic rings. The number of amides is 1. The molecular formula is C14H10ClFN2O2. The molecule has 0 saturated carbocycles. The number of hydrogen-bond donors (Lipinski definition) is 1. The lowest BCUT2D eigenvalue weighted by atomic mass is 10.2. The fourth-order valence-electron chi connectivity index (χ4n) is 1.42. The molecule has 0 radical (unpaired) electrons. The van der Waals surface area contributed by atoms with Crippen molar-refractivity contribution >= 4 is 29.6 Å². The normalized spacial score (nSPS) is 10.5. The molecule has 0 aliphatic carbocycles. The number of halogens is 2. The third-order valence-electron chi connectivity index (χ3n) is 2.34. The van der Waals surface area contributed by atoms with Gasteiger partial charge in [0.05, 0.1) is 16.8 Å². The highest BCUT2D eigenvalue weighted by atomic mass is 35.5. The molecule has 102 valence electrons. The number of nitrogens with one attached hydrogen (secondary N) is 1. The van der Waals surface area contributed by atoms with Crippen molar-refractivity contribution in [2.45, 2.75) is 0 Å². The first kappa shape index (κ1) is 14.0. The minimum atomic E-state index is -0.778. The molecule has 0 aromatic heterocycles. The lowest BCUT2D eigenvalue weighted by Gasteiger charge is -2.02. The van der Waals surface area contributed by atoms with E-state index in [1.165, 1.54) is 18.2 Å². The molecule has 2 rings (SSSR count). The maximum atomic E-state index is 13.4. The van der Waals surface area contributed by atoms with Crippen molar-refractivity contribution in [2.75, 3.05) is 5.32 Å². The molecule has 0 saturated heterocycles. The maximum absolute atomic E-state index is 13.4. The van der Waals surface area contributed by atoms with Crippen LogP contribution in [0.2, 0.25) is 5.02 Å². The van der Waals surface area contributed by atoms with Crippen LogP contribution in [-0.4, -0.2) is 12.3 Å². The van der Waals surface area contributed by atoms with Crippen molar-refractivity contribution in [1.29, 1.82) is 0 Å². The van der Waals surface area contributed by atoms with Gasteiger partial charge in [-0.2, -0.15) is 0 Å².